The van der Waals surface area contributed by atoms with Crippen molar-refractivity contribution in [2.24, 2.45) is 29.6 Å². The Labute approximate surface area is 574 Å². The third kappa shape index (κ3) is 19.2. The minimum atomic E-state index is -2.05. The molecule has 0 aromatic carbocycles. The van der Waals surface area contributed by atoms with E-state index in [1.54, 1.807) is 0 Å². The number of carbonyl (C=O) groups excluding carboxylic acids is 3. The highest BCUT2D eigenvalue weighted by atomic mass is 16.8. The summed E-state index contributed by atoms with van der Waals surface area (Å²) in [4.78, 5) is 38.7. The maximum atomic E-state index is 13.1. The van der Waals surface area contributed by atoms with E-state index in [-0.39, 0.29) is 75.5 Å². The Kier molecular flexibility index (Phi) is 27.9. The van der Waals surface area contributed by atoms with Crippen molar-refractivity contribution in [3.63, 3.8) is 0 Å². The summed E-state index contributed by atoms with van der Waals surface area (Å²) in [6, 6.07) is 0. The number of esters is 3. The van der Waals surface area contributed by atoms with Gasteiger partial charge in [-0.25, -0.2) is 14.4 Å². The van der Waals surface area contributed by atoms with Crippen LogP contribution in [0.1, 0.15) is 89.9 Å². The van der Waals surface area contributed by atoms with Crippen molar-refractivity contribution in [2.45, 2.75) is 292 Å². The molecule has 10 fully saturated rings. The first-order valence-corrected chi connectivity index (χ1v) is 34.5. The van der Waals surface area contributed by atoms with E-state index in [0.717, 1.165) is 18.2 Å². The number of aliphatic hydroxyl groups excluding tert-OH is 20. The summed E-state index contributed by atoms with van der Waals surface area (Å²) < 4.78 is 71.2. The molecule has 5 heterocycles. The van der Waals surface area contributed by atoms with Crippen molar-refractivity contribution in [1.29, 1.82) is 0 Å². The molecule has 0 aromatic rings. The highest BCUT2D eigenvalue weighted by molar-refractivity contribution is 5.82. The van der Waals surface area contributed by atoms with Crippen molar-refractivity contribution < 1.29 is 173 Å². The fourth-order valence-corrected chi connectivity index (χ4v) is 15.3. The van der Waals surface area contributed by atoms with E-state index < -0.39 is 258 Å². The van der Waals surface area contributed by atoms with Gasteiger partial charge >= 0.3 is 17.9 Å². The van der Waals surface area contributed by atoms with Crippen LogP contribution in [0, 0.1) is 29.6 Å². The van der Waals surface area contributed by atoms with E-state index in [9.17, 15) is 117 Å². The Morgan fingerprint density at radius 3 is 1.27 bits per heavy atom. The predicted octanol–water partition coefficient (Wildman–Crippen LogP) is -8.05. The van der Waals surface area contributed by atoms with Crippen molar-refractivity contribution in [3.05, 3.63) is 36.5 Å². The predicted molar refractivity (Wildman–Crippen MR) is 326 cm³/mol. The van der Waals surface area contributed by atoms with Gasteiger partial charge in [-0.15, -0.1) is 0 Å². The van der Waals surface area contributed by atoms with Crippen LogP contribution in [0.15, 0.2) is 36.5 Å². The summed E-state index contributed by atoms with van der Waals surface area (Å²) in [5, 5.41) is 217. The Bertz CT molecular complexity index is 2710. The maximum Gasteiger partial charge on any atom is 0.330 e. The first kappa shape index (κ1) is 79.0. The quantitative estimate of drug-likeness (QED) is 0.0272. The molecule has 0 bridgehead atoms. The van der Waals surface area contributed by atoms with E-state index in [1.165, 1.54) is 18.2 Å². The summed E-state index contributed by atoms with van der Waals surface area (Å²) in [6.07, 6.45) is -41.0. The van der Waals surface area contributed by atoms with E-state index in [2.05, 4.69) is 0 Å². The first-order chi connectivity index (χ1) is 47.5. The standard InChI is InChI=1S/C65H100O35/c66-21-42-53(82)61(100-48(77)12-6-27-3-9-33(69)37(73)15-27)65(96-42)91-24-45-52(81)56(85)59(88)64(99-45)95-41-20-30-34(70)18-29(92-62-57(86)54(83)50(79)43(97-62)22-89-46(75)10-4-25-1-7-31(67)35(71)13-25)19-39(30)93-60(41)28-16-38(74)49(78)40(17-28)94-63-58(87)55(84)51(80)44(98-63)23-90-47(76)11-5-26-2-8-32(68)36(72)14-26/h4-6,10-12,25-45,49-74,78-88H,1-3,7-9,13-24H2/t25?,26?,27?,28?,29?,30?,31?,32?,33?,34?,35?,36?,37?,38?,39?,40?,41?,42-,43+,44+,45+,49?,50+,51+,52+,53-,54-,55-,56-,57+,58+,59+,60?,61+,62+,63+,64+,65+/m0/s1. The minimum Gasteiger partial charge on any atom is -0.460 e. The highest BCUT2D eigenvalue weighted by Crippen LogP contribution is 2.46. The SMILES string of the molecule is O=C(C=CC1CCC(O)C(O)C1)OC[C@H]1O[C@@H](OC2CC(O)C3CC(O[C@@H]4O[C@H](CO[C@@H]5O[C@@H](CO)[C@H](O)[C@H]5OC(=O)C=CC5CCC(O)C(O)C5)[C@@H](O)[C@H](O)[C@H]4O)C(C4CC(O)C(O)C(O[C@@H]5O[C@H](COC(=O)C=CC6CCC(O)C(O)C6)[C@@H](O)[C@H](O)[C@H]5O)C4)OC3C2)[C@H](O)[C@@H](O)[C@@H]1O. The zero-order chi connectivity index (χ0) is 72.1. The smallest absolute Gasteiger partial charge is 0.330 e. The van der Waals surface area contributed by atoms with Crippen LogP contribution in [0.2, 0.25) is 0 Å². The molecule has 0 amide bonds. The van der Waals surface area contributed by atoms with Gasteiger partial charge in [0.15, 0.2) is 31.3 Å². The highest BCUT2D eigenvalue weighted by Gasteiger charge is 2.57. The second-order valence-electron chi connectivity index (χ2n) is 28.4. The van der Waals surface area contributed by atoms with Gasteiger partial charge in [-0.1, -0.05) is 18.2 Å². The van der Waals surface area contributed by atoms with Gasteiger partial charge in [-0.3, -0.25) is 0 Å². The fraction of sp³-hybridized carbons (Fsp3) is 0.862. The topological polar surface area (TPSA) is 567 Å². The third-order valence-electron chi connectivity index (χ3n) is 21.4. The van der Waals surface area contributed by atoms with Gasteiger partial charge in [0.1, 0.15) is 105 Å². The maximum absolute atomic E-state index is 13.1. The van der Waals surface area contributed by atoms with Crippen LogP contribution in [0.5, 0.6) is 0 Å². The molecule has 570 valence electrons. The normalized spacial score (nSPS) is 49.0. The molecule has 20 N–H and O–H groups in total. The third-order valence-corrected chi connectivity index (χ3v) is 21.4. The molecule has 35 heteroatoms. The number of aliphatic hydroxyl groups is 20. The lowest BCUT2D eigenvalue weighted by Gasteiger charge is -2.52. The number of ether oxygens (including phenoxy) is 12. The molecular formula is C65H100O35. The zero-order valence-corrected chi connectivity index (χ0v) is 54.7. The van der Waals surface area contributed by atoms with Crippen LogP contribution in [0.25, 0.3) is 0 Å². The fourth-order valence-electron chi connectivity index (χ4n) is 15.3. The van der Waals surface area contributed by atoms with Crippen LogP contribution < -0.4 is 0 Å². The molecule has 100 heavy (non-hydrogen) atoms. The lowest BCUT2D eigenvalue weighted by atomic mass is 9.72. The average Bonchev–Trinajstić information content (AvgIpc) is 1.01. The molecule has 5 aliphatic heterocycles. The molecule has 19 unspecified atom stereocenters. The van der Waals surface area contributed by atoms with Crippen molar-refractivity contribution in [1.82, 2.24) is 0 Å². The summed E-state index contributed by atoms with van der Waals surface area (Å²) in [5.41, 5.74) is 0. The van der Waals surface area contributed by atoms with E-state index >= 15 is 0 Å². The molecule has 0 aromatic heterocycles. The van der Waals surface area contributed by atoms with Gasteiger partial charge < -0.3 is 159 Å². The van der Waals surface area contributed by atoms with Gasteiger partial charge in [-0.05, 0) is 101 Å². The van der Waals surface area contributed by atoms with Gasteiger partial charge in [0.05, 0.1) is 92.6 Å². The van der Waals surface area contributed by atoms with Crippen molar-refractivity contribution in [2.75, 3.05) is 26.4 Å². The molecule has 5 saturated heterocycles. The second kappa shape index (κ2) is 35.3. The monoisotopic (exact) mass is 1440 g/mol. The Balaban J connectivity index is 0.837. The number of rotatable bonds is 22. The molecule has 0 spiro atoms. The molecule has 10 rings (SSSR count). The van der Waals surface area contributed by atoms with Gasteiger partial charge in [0, 0.05) is 37.0 Å². The first-order valence-electron chi connectivity index (χ1n) is 34.5. The largest absolute Gasteiger partial charge is 0.460 e. The Hall–Kier alpha value is -3.53. The van der Waals surface area contributed by atoms with Gasteiger partial charge in [-0.2, -0.15) is 0 Å². The van der Waals surface area contributed by atoms with Crippen LogP contribution in [0.4, 0.5) is 0 Å². The summed E-state index contributed by atoms with van der Waals surface area (Å²) >= 11 is 0. The van der Waals surface area contributed by atoms with E-state index in [0.29, 0.717) is 32.1 Å². The molecule has 5 aliphatic carbocycles. The molecule has 5 saturated carbocycles. The van der Waals surface area contributed by atoms with Crippen molar-refractivity contribution >= 4 is 17.9 Å². The van der Waals surface area contributed by atoms with Crippen LogP contribution in [-0.4, -0.2) is 349 Å². The number of allylic oxidation sites excluding steroid dienone is 3. The molecule has 10 aliphatic rings. The molecular weight excluding hydrogens is 1340 g/mol. The molecule has 38 atom stereocenters. The van der Waals surface area contributed by atoms with E-state index in [1.807, 2.05) is 0 Å². The average molecular weight is 1440 g/mol. The Morgan fingerprint density at radius 2 is 0.800 bits per heavy atom. The van der Waals surface area contributed by atoms with E-state index in [4.69, 9.17) is 56.8 Å². The number of fused-ring (bicyclic) bond motifs is 1. The van der Waals surface area contributed by atoms with Gasteiger partial charge in [0.2, 0.25) is 0 Å². The minimum absolute atomic E-state index is 0.104. The van der Waals surface area contributed by atoms with Crippen LogP contribution >= 0.6 is 0 Å². The number of carbonyl (C=O) groups is 3. The van der Waals surface area contributed by atoms with Crippen LogP contribution in [-0.2, 0) is 71.2 Å². The summed E-state index contributed by atoms with van der Waals surface area (Å²) in [5.74, 6) is -5.42. The molecule has 0 radical (unpaired) electrons. The molecule has 35 nitrogen and oxygen atoms in total. The van der Waals surface area contributed by atoms with Crippen molar-refractivity contribution in [3.8, 4) is 0 Å². The number of hydrogen-bond acceptors (Lipinski definition) is 35. The lowest BCUT2D eigenvalue weighted by molar-refractivity contribution is -0.345. The van der Waals surface area contributed by atoms with Gasteiger partial charge in [0.25, 0.3) is 0 Å². The second-order valence-corrected chi connectivity index (χ2v) is 28.4. The summed E-state index contributed by atoms with van der Waals surface area (Å²) in [6.45, 7) is -2.82. The summed E-state index contributed by atoms with van der Waals surface area (Å²) in [7, 11) is 0. The Morgan fingerprint density at radius 1 is 0.360 bits per heavy atom. The number of hydrogen-bond donors (Lipinski definition) is 20. The van der Waals surface area contributed by atoms with Crippen LogP contribution in [0.3, 0.4) is 0 Å². The zero-order valence-electron chi connectivity index (χ0n) is 54.7. The lowest BCUT2D eigenvalue weighted by Crippen LogP contribution is -2.64.